The average molecular weight is 271 g/mol. The maximum Gasteiger partial charge on any atom is 0.123 e. The molecule has 1 N–H and O–H groups in total. The Balaban J connectivity index is 1.96. The van der Waals surface area contributed by atoms with Crippen molar-refractivity contribution in [2.75, 3.05) is 26.2 Å². The van der Waals surface area contributed by atoms with E-state index in [-0.39, 0.29) is 11.9 Å². The van der Waals surface area contributed by atoms with E-state index in [1.54, 1.807) is 0 Å². The highest BCUT2D eigenvalue weighted by Crippen LogP contribution is 2.27. The Hall–Kier alpha value is -1.78. The topological polar surface area (TPSA) is 28.2 Å². The van der Waals surface area contributed by atoms with E-state index >= 15 is 0 Å². The van der Waals surface area contributed by atoms with E-state index in [9.17, 15) is 4.39 Å². The van der Waals surface area contributed by atoms with Crippen LogP contribution in [0.2, 0.25) is 0 Å². The molecule has 20 heavy (non-hydrogen) atoms. The number of piperazine rings is 1. The molecule has 0 spiro atoms. The summed E-state index contributed by atoms with van der Waals surface area (Å²) in [6.45, 7) is 3.90. The summed E-state index contributed by atoms with van der Waals surface area (Å²) in [7, 11) is 0. The number of rotatable bonds is 3. The molecule has 0 amide bonds. The Morgan fingerprint density at radius 3 is 2.45 bits per heavy atom. The van der Waals surface area contributed by atoms with Crippen molar-refractivity contribution >= 4 is 0 Å². The van der Waals surface area contributed by atoms with Crippen molar-refractivity contribution in [2.45, 2.75) is 6.04 Å². The van der Waals surface area contributed by atoms with E-state index in [4.69, 9.17) is 0 Å². The molecule has 1 aliphatic rings. The SMILES string of the molecule is Fc1ccc(C(c2ccccn2)N2CCNCC2)cc1. The van der Waals surface area contributed by atoms with Crippen molar-refractivity contribution < 1.29 is 4.39 Å². The standard InChI is InChI=1S/C16H18FN3/c17-14-6-4-13(5-7-14)16(15-3-1-2-8-19-15)20-11-9-18-10-12-20/h1-8,16,18H,9-12H2. The fourth-order valence-electron chi connectivity index (χ4n) is 2.69. The van der Waals surface area contributed by atoms with Crippen LogP contribution in [0.15, 0.2) is 48.7 Å². The smallest absolute Gasteiger partial charge is 0.123 e. The zero-order chi connectivity index (χ0) is 13.8. The lowest BCUT2D eigenvalue weighted by atomic mass is 10.0. The molecule has 0 saturated carbocycles. The summed E-state index contributed by atoms with van der Waals surface area (Å²) < 4.78 is 13.2. The number of pyridine rings is 1. The molecular formula is C16H18FN3. The third-order valence-corrected chi connectivity index (χ3v) is 3.67. The van der Waals surface area contributed by atoms with E-state index in [2.05, 4.69) is 15.2 Å². The first kappa shape index (κ1) is 13.2. The summed E-state index contributed by atoms with van der Waals surface area (Å²) in [6.07, 6.45) is 1.81. The van der Waals surface area contributed by atoms with Crippen LogP contribution >= 0.6 is 0 Å². The molecule has 0 aliphatic carbocycles. The second-order valence-electron chi connectivity index (χ2n) is 4.99. The highest BCUT2D eigenvalue weighted by atomic mass is 19.1. The summed E-state index contributed by atoms with van der Waals surface area (Å²) in [5, 5.41) is 3.36. The van der Waals surface area contributed by atoms with Crippen molar-refractivity contribution in [3.05, 3.63) is 65.7 Å². The van der Waals surface area contributed by atoms with Gasteiger partial charge >= 0.3 is 0 Å². The van der Waals surface area contributed by atoms with Crippen LogP contribution in [0.1, 0.15) is 17.3 Å². The summed E-state index contributed by atoms with van der Waals surface area (Å²) in [5.74, 6) is -0.200. The number of hydrogen-bond acceptors (Lipinski definition) is 3. The minimum atomic E-state index is -0.200. The van der Waals surface area contributed by atoms with Crippen molar-refractivity contribution in [2.24, 2.45) is 0 Å². The number of nitrogens with zero attached hydrogens (tertiary/aromatic N) is 2. The van der Waals surface area contributed by atoms with Gasteiger partial charge in [0, 0.05) is 32.4 Å². The molecule has 1 saturated heterocycles. The van der Waals surface area contributed by atoms with Crippen LogP contribution < -0.4 is 5.32 Å². The largest absolute Gasteiger partial charge is 0.314 e. The summed E-state index contributed by atoms with van der Waals surface area (Å²) in [4.78, 5) is 6.89. The lowest BCUT2D eigenvalue weighted by Gasteiger charge is -2.34. The quantitative estimate of drug-likeness (QED) is 0.927. The molecule has 4 heteroatoms. The van der Waals surface area contributed by atoms with E-state index in [0.29, 0.717) is 0 Å². The molecule has 3 nitrogen and oxygen atoms in total. The van der Waals surface area contributed by atoms with Crippen LogP contribution in [0, 0.1) is 5.82 Å². The van der Waals surface area contributed by atoms with Gasteiger partial charge in [-0.25, -0.2) is 4.39 Å². The predicted molar refractivity (Wildman–Crippen MR) is 76.9 cm³/mol. The molecule has 1 fully saturated rings. The Morgan fingerprint density at radius 1 is 1.05 bits per heavy atom. The fraction of sp³-hybridized carbons (Fsp3) is 0.312. The number of hydrogen-bond donors (Lipinski definition) is 1. The first-order valence-electron chi connectivity index (χ1n) is 6.96. The number of nitrogens with one attached hydrogen (secondary N) is 1. The Labute approximate surface area is 118 Å². The second-order valence-corrected chi connectivity index (χ2v) is 4.99. The second kappa shape index (κ2) is 6.11. The average Bonchev–Trinajstić information content (AvgIpc) is 2.52. The first-order chi connectivity index (χ1) is 9.84. The van der Waals surface area contributed by atoms with Gasteiger partial charge in [0.25, 0.3) is 0 Å². The van der Waals surface area contributed by atoms with E-state index in [1.165, 1.54) is 12.1 Å². The predicted octanol–water partition coefficient (Wildman–Crippen LogP) is 2.22. The van der Waals surface area contributed by atoms with Gasteiger partial charge in [-0.2, -0.15) is 0 Å². The number of aromatic nitrogens is 1. The highest BCUT2D eigenvalue weighted by Gasteiger charge is 2.24. The molecule has 0 bridgehead atoms. The summed E-state index contributed by atoms with van der Waals surface area (Å²) in [6, 6.07) is 12.8. The minimum Gasteiger partial charge on any atom is -0.314 e. The molecule has 104 valence electrons. The van der Waals surface area contributed by atoms with Gasteiger partial charge in [-0.15, -0.1) is 0 Å². The van der Waals surface area contributed by atoms with Crippen molar-refractivity contribution in [1.82, 2.24) is 15.2 Å². The Morgan fingerprint density at radius 2 is 1.80 bits per heavy atom. The molecule has 1 atom stereocenters. The van der Waals surface area contributed by atoms with Gasteiger partial charge in [0.15, 0.2) is 0 Å². The first-order valence-corrected chi connectivity index (χ1v) is 6.96. The van der Waals surface area contributed by atoms with Gasteiger partial charge in [-0.1, -0.05) is 18.2 Å². The molecule has 0 radical (unpaired) electrons. The lowest BCUT2D eigenvalue weighted by Crippen LogP contribution is -2.45. The normalized spacial score (nSPS) is 17.9. The van der Waals surface area contributed by atoms with E-state index in [0.717, 1.165) is 37.4 Å². The molecular weight excluding hydrogens is 253 g/mol. The Kier molecular flexibility index (Phi) is 4.04. The van der Waals surface area contributed by atoms with Crippen LogP contribution in [0.5, 0.6) is 0 Å². The van der Waals surface area contributed by atoms with E-state index < -0.39 is 0 Å². The third-order valence-electron chi connectivity index (χ3n) is 3.67. The van der Waals surface area contributed by atoms with Gasteiger partial charge < -0.3 is 5.32 Å². The number of halogens is 1. The van der Waals surface area contributed by atoms with Crippen molar-refractivity contribution in [3.63, 3.8) is 0 Å². The Bertz CT molecular complexity index is 535. The van der Waals surface area contributed by atoms with Crippen LogP contribution in [-0.2, 0) is 0 Å². The van der Waals surface area contributed by atoms with E-state index in [1.807, 2.05) is 36.5 Å². The third kappa shape index (κ3) is 2.86. The number of benzene rings is 1. The monoisotopic (exact) mass is 271 g/mol. The van der Waals surface area contributed by atoms with Crippen molar-refractivity contribution in [3.8, 4) is 0 Å². The summed E-state index contributed by atoms with van der Waals surface area (Å²) >= 11 is 0. The van der Waals surface area contributed by atoms with Gasteiger partial charge in [0.2, 0.25) is 0 Å². The van der Waals surface area contributed by atoms with Crippen LogP contribution in [-0.4, -0.2) is 36.1 Å². The van der Waals surface area contributed by atoms with Crippen LogP contribution in [0.3, 0.4) is 0 Å². The molecule has 1 aliphatic heterocycles. The molecule has 1 aromatic heterocycles. The van der Waals surface area contributed by atoms with Crippen LogP contribution in [0.25, 0.3) is 0 Å². The molecule has 1 unspecified atom stereocenters. The van der Waals surface area contributed by atoms with Crippen molar-refractivity contribution in [1.29, 1.82) is 0 Å². The highest BCUT2D eigenvalue weighted by molar-refractivity contribution is 5.28. The maximum atomic E-state index is 13.2. The van der Waals surface area contributed by atoms with Gasteiger partial charge in [0.05, 0.1) is 11.7 Å². The zero-order valence-electron chi connectivity index (χ0n) is 11.3. The lowest BCUT2D eigenvalue weighted by molar-refractivity contribution is 0.195. The molecule has 2 aromatic rings. The molecule has 3 rings (SSSR count). The summed E-state index contributed by atoms with van der Waals surface area (Å²) in [5.41, 5.74) is 2.10. The molecule has 1 aromatic carbocycles. The zero-order valence-corrected chi connectivity index (χ0v) is 11.3. The van der Waals surface area contributed by atoms with Gasteiger partial charge in [-0.3, -0.25) is 9.88 Å². The minimum absolute atomic E-state index is 0.0962. The van der Waals surface area contributed by atoms with Crippen LogP contribution in [0.4, 0.5) is 4.39 Å². The molecule has 2 heterocycles. The van der Waals surface area contributed by atoms with Gasteiger partial charge in [-0.05, 0) is 29.8 Å². The maximum absolute atomic E-state index is 13.2. The van der Waals surface area contributed by atoms with Gasteiger partial charge in [0.1, 0.15) is 5.82 Å². The fourth-order valence-corrected chi connectivity index (χ4v) is 2.69.